The van der Waals surface area contributed by atoms with Crippen molar-refractivity contribution in [2.45, 2.75) is 38.3 Å². The second-order valence-electron chi connectivity index (χ2n) is 6.17. The molecule has 2 atom stereocenters. The Bertz CT molecular complexity index is 549. The number of carbonyl (C=O) groups excluding carboxylic acids is 2. The molecule has 1 aromatic rings. The van der Waals surface area contributed by atoms with Gasteiger partial charge < -0.3 is 19.6 Å². The largest absolute Gasteiger partial charge is 0.484 e. The first-order valence-electron chi connectivity index (χ1n) is 8.43. The Balaban J connectivity index is 1.95. The van der Waals surface area contributed by atoms with Crippen molar-refractivity contribution in [3.63, 3.8) is 0 Å². The summed E-state index contributed by atoms with van der Waals surface area (Å²) >= 11 is 0. The average Bonchev–Trinajstić information content (AvgIpc) is 2.99. The number of likely N-dealkylation sites (tertiary alicyclic amines) is 1. The third-order valence-electron chi connectivity index (χ3n) is 4.21. The van der Waals surface area contributed by atoms with E-state index in [4.69, 9.17) is 4.74 Å². The van der Waals surface area contributed by atoms with Crippen molar-refractivity contribution >= 4 is 11.8 Å². The van der Waals surface area contributed by atoms with E-state index in [-0.39, 0.29) is 31.4 Å². The zero-order chi connectivity index (χ0) is 17.5. The average molecular weight is 334 g/mol. The third-order valence-corrected chi connectivity index (χ3v) is 4.21. The fraction of sp³-hybridized carbons (Fsp3) is 0.556. The predicted octanol–water partition coefficient (Wildman–Crippen LogP) is 1.29. The normalized spacial score (nSPS) is 20.0. The number of amides is 2. The van der Waals surface area contributed by atoms with E-state index < -0.39 is 12.1 Å². The molecule has 24 heavy (non-hydrogen) atoms. The maximum atomic E-state index is 12.6. The van der Waals surface area contributed by atoms with Gasteiger partial charge in [-0.3, -0.25) is 9.59 Å². The minimum atomic E-state index is -0.667. The van der Waals surface area contributed by atoms with Crippen LogP contribution in [0.2, 0.25) is 0 Å². The summed E-state index contributed by atoms with van der Waals surface area (Å²) in [6, 6.07) is 8.46. The van der Waals surface area contributed by atoms with Crippen molar-refractivity contribution in [3.05, 3.63) is 30.3 Å². The van der Waals surface area contributed by atoms with E-state index in [0.29, 0.717) is 12.3 Å². The molecule has 0 radical (unpaired) electrons. The summed E-state index contributed by atoms with van der Waals surface area (Å²) in [6.45, 7) is 2.76. The molecule has 0 bridgehead atoms. The van der Waals surface area contributed by atoms with Gasteiger partial charge in [-0.15, -0.1) is 0 Å². The second kappa shape index (κ2) is 8.68. The summed E-state index contributed by atoms with van der Waals surface area (Å²) in [5.41, 5.74) is 0. The minimum Gasteiger partial charge on any atom is -0.484 e. The van der Waals surface area contributed by atoms with E-state index in [0.717, 1.165) is 12.8 Å². The Morgan fingerprint density at radius 3 is 2.71 bits per heavy atom. The molecule has 6 nitrogen and oxygen atoms in total. The van der Waals surface area contributed by atoms with Crippen LogP contribution < -0.4 is 4.74 Å². The summed E-state index contributed by atoms with van der Waals surface area (Å²) in [4.78, 5) is 28.1. The van der Waals surface area contributed by atoms with Crippen LogP contribution in [0, 0.1) is 0 Å². The molecule has 132 valence electrons. The van der Waals surface area contributed by atoms with Crippen LogP contribution in [-0.2, 0) is 9.59 Å². The van der Waals surface area contributed by atoms with Gasteiger partial charge in [-0.05, 0) is 18.6 Å². The van der Waals surface area contributed by atoms with Crippen LogP contribution in [0.1, 0.15) is 26.2 Å². The molecule has 0 aromatic heterocycles. The van der Waals surface area contributed by atoms with Crippen molar-refractivity contribution < 1.29 is 19.4 Å². The van der Waals surface area contributed by atoms with Gasteiger partial charge in [-0.1, -0.05) is 31.5 Å². The first-order valence-corrected chi connectivity index (χ1v) is 8.43. The number of carbonyl (C=O) groups is 2. The summed E-state index contributed by atoms with van der Waals surface area (Å²) in [6.07, 6.45) is 1.53. The number of likely N-dealkylation sites (N-methyl/N-ethyl adjacent to an activating group) is 1. The predicted molar refractivity (Wildman–Crippen MR) is 90.6 cm³/mol. The lowest BCUT2D eigenvalue weighted by Gasteiger charge is -2.27. The molecule has 0 aliphatic carbocycles. The van der Waals surface area contributed by atoms with Gasteiger partial charge in [-0.2, -0.15) is 0 Å². The highest BCUT2D eigenvalue weighted by molar-refractivity contribution is 5.88. The van der Waals surface area contributed by atoms with Crippen LogP contribution >= 0.6 is 0 Å². The van der Waals surface area contributed by atoms with Gasteiger partial charge in [0.2, 0.25) is 5.91 Å². The number of ether oxygens (including phenoxy) is 1. The molecule has 1 aromatic carbocycles. The van der Waals surface area contributed by atoms with Crippen LogP contribution in [0.15, 0.2) is 30.3 Å². The molecule has 1 fully saturated rings. The number of hydrogen-bond donors (Lipinski definition) is 1. The molecule has 1 saturated heterocycles. The van der Waals surface area contributed by atoms with Crippen molar-refractivity contribution in [1.82, 2.24) is 9.80 Å². The molecule has 1 aliphatic heterocycles. The number of nitrogens with zero attached hydrogens (tertiary/aromatic N) is 2. The Morgan fingerprint density at radius 1 is 1.33 bits per heavy atom. The lowest BCUT2D eigenvalue weighted by Crippen LogP contribution is -2.48. The molecule has 0 unspecified atom stereocenters. The van der Waals surface area contributed by atoms with E-state index in [9.17, 15) is 14.7 Å². The molecule has 2 amide bonds. The standard InChI is InChI=1S/C18H26N2O4/c1-3-4-10-19(2)18(23)16-11-14(21)12-20(16)17(22)13-24-15-8-6-5-7-9-15/h5-9,14,16,21H,3-4,10-13H2,1-2H3/t14-,16-/m1/s1. The SMILES string of the molecule is CCCCN(C)C(=O)[C@H]1C[C@@H](O)CN1C(=O)COc1ccccc1. The van der Waals surface area contributed by atoms with Gasteiger partial charge in [0.05, 0.1) is 6.10 Å². The number of aliphatic hydroxyl groups excluding tert-OH is 1. The van der Waals surface area contributed by atoms with E-state index in [1.807, 2.05) is 18.2 Å². The lowest BCUT2D eigenvalue weighted by atomic mass is 10.1. The van der Waals surface area contributed by atoms with Crippen molar-refractivity contribution in [2.75, 3.05) is 26.7 Å². The van der Waals surface area contributed by atoms with Crippen LogP contribution in [0.4, 0.5) is 0 Å². The number of para-hydroxylation sites is 1. The Labute approximate surface area is 143 Å². The summed E-state index contributed by atoms with van der Waals surface area (Å²) in [5.74, 6) is 0.208. The third kappa shape index (κ3) is 4.71. The van der Waals surface area contributed by atoms with Crippen molar-refractivity contribution in [3.8, 4) is 5.75 Å². The zero-order valence-corrected chi connectivity index (χ0v) is 14.4. The lowest BCUT2D eigenvalue weighted by molar-refractivity contribution is -0.144. The molecule has 0 saturated carbocycles. The van der Waals surface area contributed by atoms with Gasteiger partial charge in [0, 0.05) is 26.6 Å². The maximum absolute atomic E-state index is 12.6. The topological polar surface area (TPSA) is 70.1 Å². The van der Waals surface area contributed by atoms with Gasteiger partial charge in [-0.25, -0.2) is 0 Å². The van der Waals surface area contributed by atoms with Crippen molar-refractivity contribution in [2.24, 2.45) is 0 Å². The van der Waals surface area contributed by atoms with Gasteiger partial charge in [0.15, 0.2) is 6.61 Å². The van der Waals surface area contributed by atoms with Crippen molar-refractivity contribution in [1.29, 1.82) is 0 Å². The van der Waals surface area contributed by atoms with Crippen LogP contribution in [0.3, 0.4) is 0 Å². The molecule has 1 heterocycles. The molecule has 1 N–H and O–H groups in total. The first kappa shape index (κ1) is 18.3. The fourth-order valence-corrected chi connectivity index (χ4v) is 2.83. The van der Waals surface area contributed by atoms with E-state index in [2.05, 4.69) is 6.92 Å². The Hall–Kier alpha value is -2.08. The molecular weight excluding hydrogens is 308 g/mol. The molecule has 2 rings (SSSR count). The number of unbranched alkanes of at least 4 members (excludes halogenated alkanes) is 1. The van der Waals surface area contributed by atoms with E-state index in [1.54, 1.807) is 24.1 Å². The van der Waals surface area contributed by atoms with Crippen LogP contribution in [0.5, 0.6) is 5.75 Å². The first-order chi connectivity index (χ1) is 11.5. The van der Waals surface area contributed by atoms with Gasteiger partial charge in [0.25, 0.3) is 5.91 Å². The fourth-order valence-electron chi connectivity index (χ4n) is 2.83. The number of benzene rings is 1. The monoisotopic (exact) mass is 334 g/mol. The van der Waals surface area contributed by atoms with Crippen LogP contribution in [0.25, 0.3) is 0 Å². The number of β-amino-alcohol motifs (C(OH)–C–C–N with tert-alkyl or cyclic N) is 1. The number of aliphatic hydroxyl groups is 1. The molecule has 1 aliphatic rings. The highest BCUT2D eigenvalue weighted by atomic mass is 16.5. The number of rotatable bonds is 7. The van der Waals surface area contributed by atoms with Gasteiger partial charge >= 0.3 is 0 Å². The van der Waals surface area contributed by atoms with E-state index in [1.165, 1.54) is 4.90 Å². The Morgan fingerprint density at radius 2 is 2.04 bits per heavy atom. The summed E-state index contributed by atoms with van der Waals surface area (Å²) in [7, 11) is 1.74. The second-order valence-corrected chi connectivity index (χ2v) is 6.17. The molecule has 0 spiro atoms. The summed E-state index contributed by atoms with van der Waals surface area (Å²) in [5, 5.41) is 9.91. The highest BCUT2D eigenvalue weighted by Gasteiger charge is 2.40. The zero-order valence-electron chi connectivity index (χ0n) is 14.4. The molecular formula is C18H26N2O4. The molecule has 6 heteroatoms. The maximum Gasteiger partial charge on any atom is 0.261 e. The summed E-state index contributed by atoms with van der Waals surface area (Å²) < 4.78 is 5.47. The van der Waals surface area contributed by atoms with Crippen LogP contribution in [-0.4, -0.2) is 65.6 Å². The highest BCUT2D eigenvalue weighted by Crippen LogP contribution is 2.20. The van der Waals surface area contributed by atoms with E-state index >= 15 is 0 Å². The quantitative estimate of drug-likeness (QED) is 0.816. The Kier molecular flexibility index (Phi) is 6.61. The minimum absolute atomic E-state index is 0.118. The number of hydrogen-bond acceptors (Lipinski definition) is 4. The van der Waals surface area contributed by atoms with Gasteiger partial charge in [0.1, 0.15) is 11.8 Å². The smallest absolute Gasteiger partial charge is 0.261 e.